The molecule has 0 unspecified atom stereocenters. The van der Waals surface area contributed by atoms with Crippen LogP contribution in [0.3, 0.4) is 0 Å². The zero-order valence-corrected chi connectivity index (χ0v) is 20.9. The fraction of sp³-hybridized carbons (Fsp3) is 0.360. The van der Waals surface area contributed by atoms with Gasteiger partial charge in [0.05, 0.1) is 11.3 Å². The van der Waals surface area contributed by atoms with Gasteiger partial charge in [0.2, 0.25) is 5.88 Å². The van der Waals surface area contributed by atoms with Crippen molar-refractivity contribution in [2.75, 3.05) is 10.6 Å². The molecule has 0 aromatic carbocycles. The van der Waals surface area contributed by atoms with Crippen molar-refractivity contribution in [3.8, 4) is 17.1 Å². The van der Waals surface area contributed by atoms with Crippen molar-refractivity contribution >= 4 is 27.6 Å². The molecule has 10 nitrogen and oxygen atoms in total. The van der Waals surface area contributed by atoms with Gasteiger partial charge in [-0.05, 0) is 69.9 Å². The smallest absolute Gasteiger partial charge is 0.281 e. The number of nitrogens with two attached hydrogens (primary N) is 1. The van der Waals surface area contributed by atoms with Gasteiger partial charge in [-0.1, -0.05) is 6.07 Å². The molecule has 2 fully saturated rings. The Bertz CT molecular complexity index is 1390. The molecule has 1 aliphatic carbocycles. The van der Waals surface area contributed by atoms with E-state index < -0.39 is 15.9 Å². The predicted molar refractivity (Wildman–Crippen MR) is 139 cm³/mol. The summed E-state index contributed by atoms with van der Waals surface area (Å²) in [6, 6.07) is 11.5. The minimum atomic E-state index is -4.23. The highest BCUT2D eigenvalue weighted by atomic mass is 32.2. The first-order valence-electron chi connectivity index (χ1n) is 11.9. The molecule has 3 aromatic heterocycles. The first-order chi connectivity index (χ1) is 17.2. The molecule has 1 aliphatic heterocycles. The van der Waals surface area contributed by atoms with Crippen LogP contribution < -0.4 is 20.1 Å². The number of carbonyl (C=O) groups is 1. The highest BCUT2D eigenvalue weighted by Crippen LogP contribution is 2.34. The maximum atomic E-state index is 13.3. The van der Waals surface area contributed by atoms with Crippen molar-refractivity contribution in [1.29, 1.82) is 0 Å². The number of amides is 1. The van der Waals surface area contributed by atoms with Crippen molar-refractivity contribution < 1.29 is 20.8 Å². The van der Waals surface area contributed by atoms with Crippen LogP contribution in [0.25, 0.3) is 11.3 Å². The Labute approximate surface area is 212 Å². The number of nitrogens with one attached hydrogen (secondary N) is 1. The number of anilines is 2. The number of hydrogen-bond acceptors (Lipinski definition) is 9. The summed E-state index contributed by atoms with van der Waals surface area (Å²) in [5, 5.41) is -0.329. The van der Waals surface area contributed by atoms with E-state index in [1.54, 1.807) is 18.3 Å². The molecular weight excluding hydrogens is 480 g/mol. The van der Waals surface area contributed by atoms with Gasteiger partial charge < -0.3 is 15.4 Å². The minimum absolute atomic E-state index is 0. The largest absolute Gasteiger partial charge is 0.474 e. The average molecular weight is 513 g/mol. The molecule has 0 spiro atoms. The lowest BCUT2D eigenvalue weighted by atomic mass is 10.1. The number of carbonyl (C=O) groups excluding carboxylic acids is 1. The molecule has 1 amide bonds. The van der Waals surface area contributed by atoms with Crippen LogP contribution in [0.5, 0.6) is 5.88 Å². The SMILES string of the molecule is C[C@@H]1CC[C@H](C)N1c1nc(-c2ccc(OC3CC3)nc2)ccc1C(=O)NS(=O)(=O)c1cccc(N)n1.[HH].[HH]. The second-order valence-electron chi connectivity index (χ2n) is 9.29. The maximum absolute atomic E-state index is 13.3. The number of sulfonamides is 1. The Kier molecular flexibility index (Phi) is 6.25. The summed E-state index contributed by atoms with van der Waals surface area (Å²) in [6.07, 6.45) is 5.92. The monoisotopic (exact) mass is 512 g/mol. The number of nitrogen functional groups attached to an aromatic ring is 1. The Hall–Kier alpha value is -3.73. The van der Waals surface area contributed by atoms with E-state index in [2.05, 4.69) is 33.4 Å². The molecule has 11 heteroatoms. The molecule has 0 radical (unpaired) electrons. The zero-order valence-electron chi connectivity index (χ0n) is 20.1. The molecule has 192 valence electrons. The summed E-state index contributed by atoms with van der Waals surface area (Å²) in [5.74, 6) is 0.251. The van der Waals surface area contributed by atoms with Crippen LogP contribution in [0.15, 0.2) is 53.7 Å². The summed E-state index contributed by atoms with van der Waals surface area (Å²) in [6.45, 7) is 4.14. The van der Waals surface area contributed by atoms with Gasteiger partial charge in [0.25, 0.3) is 15.9 Å². The van der Waals surface area contributed by atoms with Crippen LogP contribution in [0.4, 0.5) is 11.6 Å². The lowest BCUT2D eigenvalue weighted by Gasteiger charge is -2.29. The van der Waals surface area contributed by atoms with Crippen molar-refractivity contribution in [3.05, 3.63) is 54.2 Å². The third-order valence-electron chi connectivity index (χ3n) is 6.41. The predicted octanol–water partition coefficient (Wildman–Crippen LogP) is 3.65. The number of ether oxygens (including phenoxy) is 1. The van der Waals surface area contributed by atoms with E-state index in [4.69, 9.17) is 15.5 Å². The van der Waals surface area contributed by atoms with Gasteiger partial charge in [-0.15, -0.1) is 0 Å². The first-order valence-corrected chi connectivity index (χ1v) is 13.4. The van der Waals surface area contributed by atoms with Gasteiger partial charge in [-0.3, -0.25) is 4.79 Å². The highest BCUT2D eigenvalue weighted by Gasteiger charge is 2.33. The Morgan fingerprint density at radius 1 is 1.06 bits per heavy atom. The normalized spacial score (nSPS) is 19.8. The summed E-state index contributed by atoms with van der Waals surface area (Å²) in [5.41, 5.74) is 7.18. The number of nitrogens with zero attached hydrogens (tertiary/aromatic N) is 4. The lowest BCUT2D eigenvalue weighted by Crippen LogP contribution is -2.37. The fourth-order valence-electron chi connectivity index (χ4n) is 4.36. The van der Waals surface area contributed by atoms with Gasteiger partial charge in [-0.2, -0.15) is 8.42 Å². The summed E-state index contributed by atoms with van der Waals surface area (Å²) in [4.78, 5) is 28.4. The number of rotatable bonds is 7. The molecule has 1 saturated carbocycles. The molecule has 1 saturated heterocycles. The molecular formula is C25H32N6O4S. The van der Waals surface area contributed by atoms with Gasteiger partial charge in [0, 0.05) is 32.8 Å². The van der Waals surface area contributed by atoms with Crippen LogP contribution in [-0.4, -0.2) is 47.5 Å². The molecule has 4 heterocycles. The van der Waals surface area contributed by atoms with Gasteiger partial charge in [0.15, 0.2) is 5.03 Å². The van der Waals surface area contributed by atoms with Crippen LogP contribution in [0.2, 0.25) is 0 Å². The maximum Gasteiger partial charge on any atom is 0.281 e. The van der Waals surface area contributed by atoms with E-state index in [1.807, 2.05) is 12.1 Å². The molecule has 3 aromatic rings. The second-order valence-corrected chi connectivity index (χ2v) is 10.9. The molecule has 5 rings (SSSR count). The van der Waals surface area contributed by atoms with E-state index in [-0.39, 0.29) is 37.4 Å². The van der Waals surface area contributed by atoms with E-state index >= 15 is 0 Å². The Balaban J connectivity index is 0.00000200. The van der Waals surface area contributed by atoms with Crippen molar-refractivity contribution in [2.24, 2.45) is 0 Å². The van der Waals surface area contributed by atoms with E-state index in [9.17, 15) is 13.2 Å². The van der Waals surface area contributed by atoms with Gasteiger partial charge in [-0.25, -0.2) is 19.7 Å². The second kappa shape index (κ2) is 9.38. The van der Waals surface area contributed by atoms with Crippen molar-refractivity contribution in [1.82, 2.24) is 19.7 Å². The summed E-state index contributed by atoms with van der Waals surface area (Å²) < 4.78 is 33.5. The number of pyridine rings is 3. The quantitative estimate of drug-likeness (QED) is 0.485. The molecule has 36 heavy (non-hydrogen) atoms. The molecule has 3 N–H and O–H groups in total. The molecule has 2 atom stereocenters. The molecule has 2 aliphatic rings. The average Bonchev–Trinajstić information content (AvgIpc) is 3.60. The van der Waals surface area contributed by atoms with Crippen LogP contribution in [0.1, 0.15) is 52.7 Å². The number of hydrogen-bond donors (Lipinski definition) is 2. The lowest BCUT2D eigenvalue weighted by molar-refractivity contribution is 0.0981. The first kappa shape index (κ1) is 24.0. The van der Waals surface area contributed by atoms with Crippen LogP contribution in [0, 0.1) is 0 Å². The highest BCUT2D eigenvalue weighted by molar-refractivity contribution is 7.90. The third kappa shape index (κ3) is 4.97. The minimum Gasteiger partial charge on any atom is -0.474 e. The van der Waals surface area contributed by atoms with Gasteiger partial charge >= 0.3 is 0 Å². The van der Waals surface area contributed by atoms with E-state index in [0.717, 1.165) is 31.2 Å². The number of aromatic nitrogens is 3. The zero-order chi connectivity index (χ0) is 25.4. The van der Waals surface area contributed by atoms with Crippen LogP contribution >= 0.6 is 0 Å². The summed E-state index contributed by atoms with van der Waals surface area (Å²) in [7, 11) is -4.23. The van der Waals surface area contributed by atoms with Crippen molar-refractivity contribution in [3.63, 3.8) is 0 Å². The van der Waals surface area contributed by atoms with Gasteiger partial charge in [0.1, 0.15) is 17.7 Å². The fourth-order valence-corrected chi connectivity index (χ4v) is 5.31. The topological polar surface area (TPSA) is 140 Å². The molecule has 0 bridgehead atoms. The van der Waals surface area contributed by atoms with E-state index in [1.165, 1.54) is 18.2 Å². The standard InChI is InChI=1S/C25H28N6O4S.2H2/c1-15-6-7-16(2)31(15)24-19(25(32)30-36(33,34)23-5-3-4-21(26)29-23)11-12-20(28-24)17-8-13-22(27-14-17)35-18-9-10-18;;/h3-5,8,11-16,18H,6-7,9-10H2,1-2H3,(H2,26,29)(H,30,32);2*1H/t15-,16+;;. The van der Waals surface area contributed by atoms with Crippen molar-refractivity contribution in [2.45, 2.75) is 62.7 Å². The van der Waals surface area contributed by atoms with Crippen LogP contribution in [-0.2, 0) is 10.0 Å². The Morgan fingerprint density at radius 2 is 1.81 bits per heavy atom. The summed E-state index contributed by atoms with van der Waals surface area (Å²) >= 11 is 0. The Morgan fingerprint density at radius 3 is 2.44 bits per heavy atom. The third-order valence-corrected chi connectivity index (χ3v) is 7.64. The van der Waals surface area contributed by atoms with E-state index in [0.29, 0.717) is 17.4 Å².